The molecule has 0 spiro atoms. The SMILES string of the molecule is CCc1nnc(NCCc2cccs2)c(C(N)=S)c1CC. The van der Waals surface area contributed by atoms with Gasteiger partial charge in [0.2, 0.25) is 0 Å². The topological polar surface area (TPSA) is 63.8 Å². The molecule has 21 heavy (non-hydrogen) atoms. The average Bonchev–Trinajstić information content (AvgIpc) is 2.99. The normalized spacial score (nSPS) is 10.6. The zero-order chi connectivity index (χ0) is 15.2. The van der Waals surface area contributed by atoms with Gasteiger partial charge in [0.25, 0.3) is 0 Å². The Hall–Kier alpha value is -1.53. The standard InChI is InChI=1S/C15H20N4S2/c1-3-11-12(4-2)18-19-15(13(11)14(16)20)17-8-7-10-6-5-9-21-10/h5-6,9H,3-4,7-8H2,1-2H3,(H2,16,20)(H,17,19). The number of aromatic nitrogens is 2. The predicted molar refractivity (Wildman–Crippen MR) is 93.2 cm³/mol. The van der Waals surface area contributed by atoms with Crippen LogP contribution in [0.15, 0.2) is 17.5 Å². The van der Waals surface area contributed by atoms with Crippen molar-refractivity contribution in [2.45, 2.75) is 33.1 Å². The fraction of sp³-hybridized carbons (Fsp3) is 0.400. The molecule has 0 aromatic carbocycles. The van der Waals surface area contributed by atoms with Gasteiger partial charge in [0.1, 0.15) is 4.99 Å². The lowest BCUT2D eigenvalue weighted by Crippen LogP contribution is -2.20. The van der Waals surface area contributed by atoms with Crippen LogP contribution in [0.25, 0.3) is 0 Å². The Balaban J connectivity index is 2.20. The average molecular weight is 320 g/mol. The van der Waals surface area contributed by atoms with E-state index >= 15 is 0 Å². The summed E-state index contributed by atoms with van der Waals surface area (Å²) < 4.78 is 0. The Bertz CT molecular complexity index is 608. The molecule has 0 amide bonds. The zero-order valence-corrected chi connectivity index (χ0v) is 14.0. The van der Waals surface area contributed by atoms with E-state index in [1.165, 1.54) is 4.88 Å². The lowest BCUT2D eigenvalue weighted by molar-refractivity contribution is 0.869. The summed E-state index contributed by atoms with van der Waals surface area (Å²) in [5, 5.41) is 14.0. The van der Waals surface area contributed by atoms with Crippen molar-refractivity contribution in [3.8, 4) is 0 Å². The first kappa shape index (κ1) is 15.9. The van der Waals surface area contributed by atoms with Crippen LogP contribution >= 0.6 is 23.6 Å². The van der Waals surface area contributed by atoms with E-state index in [0.717, 1.165) is 42.6 Å². The number of nitrogens with one attached hydrogen (secondary N) is 1. The number of thiophene rings is 1. The van der Waals surface area contributed by atoms with Crippen LogP contribution < -0.4 is 11.1 Å². The summed E-state index contributed by atoms with van der Waals surface area (Å²) in [5.74, 6) is 0.702. The molecule has 2 rings (SSSR count). The van der Waals surface area contributed by atoms with E-state index in [9.17, 15) is 0 Å². The number of anilines is 1. The molecule has 0 saturated carbocycles. The van der Waals surface area contributed by atoms with Crippen LogP contribution in [0, 0.1) is 0 Å². The third-order valence-electron chi connectivity index (χ3n) is 3.34. The third kappa shape index (κ3) is 3.77. The summed E-state index contributed by atoms with van der Waals surface area (Å²) >= 11 is 6.97. The third-order valence-corrected chi connectivity index (χ3v) is 4.48. The first-order valence-corrected chi connectivity index (χ1v) is 8.40. The van der Waals surface area contributed by atoms with Crippen molar-refractivity contribution < 1.29 is 0 Å². The monoisotopic (exact) mass is 320 g/mol. The molecular formula is C15H20N4S2. The van der Waals surface area contributed by atoms with Crippen molar-refractivity contribution in [2.75, 3.05) is 11.9 Å². The highest BCUT2D eigenvalue weighted by Gasteiger charge is 2.16. The molecule has 0 unspecified atom stereocenters. The van der Waals surface area contributed by atoms with Crippen LogP contribution in [0.4, 0.5) is 5.82 Å². The molecule has 0 saturated heterocycles. The molecule has 0 aliphatic heterocycles. The molecule has 3 N–H and O–H groups in total. The van der Waals surface area contributed by atoms with Gasteiger partial charge in [-0.25, -0.2) is 0 Å². The maximum atomic E-state index is 5.91. The van der Waals surface area contributed by atoms with Crippen molar-refractivity contribution >= 4 is 34.4 Å². The highest BCUT2D eigenvalue weighted by Crippen LogP contribution is 2.21. The van der Waals surface area contributed by atoms with Crippen LogP contribution in [-0.4, -0.2) is 21.7 Å². The van der Waals surface area contributed by atoms with Gasteiger partial charge in [-0.2, -0.15) is 5.10 Å². The van der Waals surface area contributed by atoms with Crippen LogP contribution in [0.2, 0.25) is 0 Å². The van der Waals surface area contributed by atoms with E-state index in [-0.39, 0.29) is 0 Å². The lowest BCUT2D eigenvalue weighted by atomic mass is 10.0. The van der Waals surface area contributed by atoms with Gasteiger partial charge in [-0.1, -0.05) is 32.1 Å². The van der Waals surface area contributed by atoms with E-state index in [4.69, 9.17) is 18.0 Å². The number of hydrogen-bond acceptors (Lipinski definition) is 5. The number of rotatable bonds is 7. The van der Waals surface area contributed by atoms with Gasteiger partial charge in [-0.15, -0.1) is 16.4 Å². The quantitative estimate of drug-likeness (QED) is 0.768. The number of nitrogens with two attached hydrogens (primary N) is 1. The van der Waals surface area contributed by atoms with Gasteiger partial charge in [0.05, 0.1) is 11.3 Å². The first-order chi connectivity index (χ1) is 10.2. The summed E-state index contributed by atoms with van der Waals surface area (Å²) in [7, 11) is 0. The van der Waals surface area contributed by atoms with Crippen molar-refractivity contribution in [1.82, 2.24) is 10.2 Å². The fourth-order valence-electron chi connectivity index (χ4n) is 2.32. The smallest absolute Gasteiger partial charge is 0.159 e. The summed E-state index contributed by atoms with van der Waals surface area (Å²) in [4.78, 5) is 1.73. The Morgan fingerprint density at radius 2 is 2.14 bits per heavy atom. The van der Waals surface area contributed by atoms with Gasteiger partial charge in [-0.05, 0) is 36.3 Å². The van der Waals surface area contributed by atoms with Crippen LogP contribution in [0.3, 0.4) is 0 Å². The minimum atomic E-state index is 0.384. The molecule has 2 aromatic rings. The minimum absolute atomic E-state index is 0.384. The maximum absolute atomic E-state index is 5.91. The number of nitrogens with zero attached hydrogens (tertiary/aromatic N) is 2. The highest BCUT2D eigenvalue weighted by molar-refractivity contribution is 7.80. The largest absolute Gasteiger partial charge is 0.389 e. The van der Waals surface area contributed by atoms with Crippen molar-refractivity contribution in [2.24, 2.45) is 5.73 Å². The van der Waals surface area contributed by atoms with Gasteiger partial charge in [-0.3, -0.25) is 0 Å². The second kappa shape index (κ2) is 7.47. The van der Waals surface area contributed by atoms with Crippen molar-refractivity contribution in [3.05, 3.63) is 39.2 Å². The van der Waals surface area contributed by atoms with Crippen LogP contribution in [0.5, 0.6) is 0 Å². The summed E-state index contributed by atoms with van der Waals surface area (Å²) in [6.45, 7) is 4.95. The Morgan fingerprint density at radius 3 is 2.71 bits per heavy atom. The van der Waals surface area contributed by atoms with E-state index in [2.05, 4.69) is 46.9 Å². The fourth-order valence-corrected chi connectivity index (χ4v) is 3.25. The van der Waals surface area contributed by atoms with E-state index in [0.29, 0.717) is 10.8 Å². The number of aryl methyl sites for hydroxylation is 1. The Kier molecular flexibility index (Phi) is 5.64. The van der Waals surface area contributed by atoms with E-state index in [1.807, 2.05) is 0 Å². The maximum Gasteiger partial charge on any atom is 0.159 e. The van der Waals surface area contributed by atoms with Crippen molar-refractivity contribution in [1.29, 1.82) is 0 Å². The van der Waals surface area contributed by atoms with Gasteiger partial charge in [0.15, 0.2) is 5.82 Å². The number of thiocarbonyl (C=S) groups is 1. The van der Waals surface area contributed by atoms with E-state index < -0.39 is 0 Å². The molecule has 6 heteroatoms. The second-order valence-electron chi connectivity index (χ2n) is 4.68. The molecule has 0 aliphatic carbocycles. The molecule has 0 aliphatic rings. The van der Waals surface area contributed by atoms with Crippen molar-refractivity contribution in [3.63, 3.8) is 0 Å². The molecule has 112 valence electrons. The summed E-state index contributed by atoms with van der Waals surface area (Å²) in [5.41, 5.74) is 8.84. The highest BCUT2D eigenvalue weighted by atomic mass is 32.1. The molecule has 0 atom stereocenters. The Labute approximate surface area is 134 Å². The first-order valence-electron chi connectivity index (χ1n) is 7.11. The minimum Gasteiger partial charge on any atom is -0.389 e. The van der Waals surface area contributed by atoms with E-state index in [1.54, 1.807) is 11.3 Å². The second-order valence-corrected chi connectivity index (χ2v) is 6.15. The summed E-state index contributed by atoms with van der Waals surface area (Å²) in [6, 6.07) is 4.19. The molecule has 0 radical (unpaired) electrons. The molecular weight excluding hydrogens is 300 g/mol. The number of hydrogen-bond donors (Lipinski definition) is 2. The van der Waals surface area contributed by atoms with Gasteiger partial charge in [0, 0.05) is 11.4 Å². The molecule has 0 bridgehead atoms. The lowest BCUT2D eigenvalue weighted by Gasteiger charge is -2.15. The van der Waals surface area contributed by atoms with Gasteiger partial charge < -0.3 is 11.1 Å². The predicted octanol–water partition coefficient (Wildman–Crippen LogP) is 2.95. The van der Waals surface area contributed by atoms with Crippen LogP contribution in [0.1, 0.15) is 35.5 Å². The summed E-state index contributed by atoms with van der Waals surface area (Å²) in [6.07, 6.45) is 2.64. The zero-order valence-electron chi connectivity index (χ0n) is 12.3. The Morgan fingerprint density at radius 1 is 1.33 bits per heavy atom. The molecule has 2 heterocycles. The molecule has 2 aromatic heterocycles. The van der Waals surface area contributed by atoms with Crippen LogP contribution in [-0.2, 0) is 19.3 Å². The van der Waals surface area contributed by atoms with Gasteiger partial charge >= 0.3 is 0 Å². The molecule has 4 nitrogen and oxygen atoms in total. The molecule has 0 fully saturated rings.